The standard InChI is InChI=1S/C29H28N2O8S2/c1-2-21(18-28-30(14-16-40(32,33)34)24-10-6-7-11-26(24)38-28)19-29-31(15-17-41(35,36)37)25-20-23(12-13-27(25)39-29)22-8-4-3-5-9-22/h3-13,18-20H,2,14-17H2,1H3,(H-,32,33,34,35,36,37)/p+1. The van der Waals surface area contributed by atoms with E-state index in [0.717, 1.165) is 16.7 Å². The Morgan fingerprint density at radius 3 is 2.32 bits per heavy atom. The van der Waals surface area contributed by atoms with Crippen molar-refractivity contribution in [3.63, 3.8) is 0 Å². The molecule has 0 saturated heterocycles. The molecule has 0 unspecified atom stereocenters. The van der Waals surface area contributed by atoms with Gasteiger partial charge < -0.3 is 14.1 Å². The lowest BCUT2D eigenvalue weighted by atomic mass is 10.0. The maximum atomic E-state index is 11.7. The number of benzene rings is 3. The summed E-state index contributed by atoms with van der Waals surface area (Å²) >= 11 is 0. The van der Waals surface area contributed by atoms with Gasteiger partial charge in [0.2, 0.25) is 11.5 Å². The number of ether oxygens (including phenoxy) is 1. The zero-order valence-electron chi connectivity index (χ0n) is 22.2. The molecule has 214 valence electrons. The van der Waals surface area contributed by atoms with Gasteiger partial charge in [-0.2, -0.15) is 21.4 Å². The average molecular weight is 598 g/mol. The Morgan fingerprint density at radius 2 is 1.61 bits per heavy atom. The molecule has 3 aromatic carbocycles. The summed E-state index contributed by atoms with van der Waals surface area (Å²) < 4.78 is 78.9. The van der Waals surface area contributed by atoms with Gasteiger partial charge in [0.25, 0.3) is 25.8 Å². The van der Waals surface area contributed by atoms with Gasteiger partial charge in [-0.25, -0.2) is 0 Å². The lowest BCUT2D eigenvalue weighted by molar-refractivity contribution is -0.673. The maximum absolute atomic E-state index is 11.7. The molecule has 2 heterocycles. The monoisotopic (exact) mass is 597 g/mol. The van der Waals surface area contributed by atoms with E-state index in [-0.39, 0.29) is 13.1 Å². The Balaban J connectivity index is 1.55. The fourth-order valence-electron chi connectivity index (χ4n) is 4.62. The van der Waals surface area contributed by atoms with Crippen molar-refractivity contribution in [2.45, 2.75) is 19.9 Å². The first-order valence-electron chi connectivity index (χ1n) is 12.9. The highest BCUT2D eigenvalue weighted by Crippen LogP contribution is 2.42. The summed E-state index contributed by atoms with van der Waals surface area (Å²) in [6, 6.07) is 22.5. The van der Waals surface area contributed by atoms with E-state index >= 15 is 0 Å². The normalized spacial score (nSPS) is 15.0. The third-order valence-electron chi connectivity index (χ3n) is 6.65. The van der Waals surface area contributed by atoms with Crippen LogP contribution in [0.2, 0.25) is 0 Å². The molecular weight excluding hydrogens is 568 g/mol. The number of para-hydroxylation sites is 2. The highest BCUT2D eigenvalue weighted by molar-refractivity contribution is 7.86. The minimum atomic E-state index is -4.25. The summed E-state index contributed by atoms with van der Waals surface area (Å²) in [5, 5.41) is 0. The molecule has 0 atom stereocenters. The molecule has 1 aromatic heterocycles. The minimum Gasteiger partial charge on any atom is -0.439 e. The van der Waals surface area contributed by atoms with Crippen LogP contribution in [-0.2, 0) is 26.8 Å². The predicted octanol–water partition coefficient (Wildman–Crippen LogP) is 4.70. The average Bonchev–Trinajstić information content (AvgIpc) is 3.46. The van der Waals surface area contributed by atoms with E-state index < -0.39 is 31.7 Å². The largest absolute Gasteiger partial charge is 0.439 e. The number of anilines is 1. The highest BCUT2D eigenvalue weighted by Gasteiger charge is 2.29. The van der Waals surface area contributed by atoms with E-state index in [2.05, 4.69) is 0 Å². The molecule has 0 radical (unpaired) electrons. The molecular formula is C29H29N2O8S2+. The van der Waals surface area contributed by atoms with Gasteiger partial charge in [0.1, 0.15) is 5.75 Å². The third kappa shape index (κ3) is 6.85. The van der Waals surface area contributed by atoms with Gasteiger partial charge in [0.05, 0.1) is 17.5 Å². The SMILES string of the molecule is CCC(=Cc1oc2ccccc2[n+]1CCS(=O)(=O)O)C=C1Oc2ccc(-c3ccccc3)cc2N1CCS(=O)(=O)O. The molecule has 0 aliphatic carbocycles. The summed E-state index contributed by atoms with van der Waals surface area (Å²) in [4.78, 5) is 1.70. The Labute approximate surface area is 238 Å². The number of allylic oxidation sites excluding steroid dienone is 2. The summed E-state index contributed by atoms with van der Waals surface area (Å²) in [5.74, 6) is 0.273. The van der Waals surface area contributed by atoms with Crippen molar-refractivity contribution in [2.75, 3.05) is 23.0 Å². The number of aryl methyl sites for hydroxylation is 1. The van der Waals surface area contributed by atoms with Crippen LogP contribution in [0.25, 0.3) is 28.3 Å². The molecule has 0 saturated carbocycles. The number of hydrogen-bond acceptors (Lipinski definition) is 7. The first kappa shape index (κ1) is 28.6. The second kappa shape index (κ2) is 11.5. The van der Waals surface area contributed by atoms with Gasteiger partial charge in [-0.15, -0.1) is 0 Å². The van der Waals surface area contributed by atoms with Crippen LogP contribution in [0.4, 0.5) is 5.69 Å². The molecule has 1 aliphatic rings. The number of rotatable bonds is 10. The summed E-state index contributed by atoms with van der Waals surface area (Å²) in [6.45, 7) is 1.85. The van der Waals surface area contributed by atoms with Crippen LogP contribution in [0.1, 0.15) is 19.2 Å². The van der Waals surface area contributed by atoms with Crippen molar-refractivity contribution in [1.82, 2.24) is 0 Å². The summed E-state index contributed by atoms with van der Waals surface area (Å²) in [6.07, 6.45) is 4.03. The zero-order valence-corrected chi connectivity index (χ0v) is 23.8. The third-order valence-corrected chi connectivity index (χ3v) is 8.04. The van der Waals surface area contributed by atoms with Crippen LogP contribution in [0.5, 0.6) is 5.75 Å². The number of fused-ring (bicyclic) bond motifs is 2. The lowest BCUT2D eigenvalue weighted by Crippen LogP contribution is -2.38. The highest BCUT2D eigenvalue weighted by atomic mass is 32.2. The molecule has 2 N–H and O–H groups in total. The Bertz CT molecular complexity index is 1860. The lowest BCUT2D eigenvalue weighted by Gasteiger charge is -2.18. The van der Waals surface area contributed by atoms with Crippen molar-refractivity contribution in [2.24, 2.45) is 0 Å². The second-order valence-corrected chi connectivity index (χ2v) is 12.6. The quantitative estimate of drug-likeness (QED) is 0.197. The fourth-order valence-corrected chi connectivity index (χ4v) is 5.44. The van der Waals surface area contributed by atoms with Crippen molar-refractivity contribution in [1.29, 1.82) is 0 Å². The van der Waals surface area contributed by atoms with Crippen molar-refractivity contribution in [3.05, 3.63) is 96.2 Å². The summed E-state index contributed by atoms with van der Waals surface area (Å²) in [7, 11) is -8.46. The molecule has 0 spiro atoms. The van der Waals surface area contributed by atoms with Crippen LogP contribution >= 0.6 is 0 Å². The topological polar surface area (TPSA) is 138 Å². The van der Waals surface area contributed by atoms with Gasteiger partial charge in [0, 0.05) is 18.7 Å². The summed E-state index contributed by atoms with van der Waals surface area (Å²) in [5.41, 5.74) is 4.51. The Kier molecular flexibility index (Phi) is 8.00. The molecule has 12 heteroatoms. The molecule has 5 rings (SSSR count). The first-order valence-corrected chi connectivity index (χ1v) is 16.1. The van der Waals surface area contributed by atoms with Crippen molar-refractivity contribution in [3.8, 4) is 16.9 Å². The smallest absolute Gasteiger partial charge is 0.374 e. The second-order valence-electron chi connectivity index (χ2n) is 9.49. The number of aromatic nitrogens is 1. The van der Waals surface area contributed by atoms with E-state index in [9.17, 15) is 25.9 Å². The van der Waals surface area contributed by atoms with Crippen LogP contribution < -0.4 is 14.2 Å². The fraction of sp³-hybridized carbons (Fsp3) is 0.207. The maximum Gasteiger partial charge on any atom is 0.374 e. The predicted molar refractivity (Wildman–Crippen MR) is 155 cm³/mol. The Morgan fingerprint density at radius 1 is 0.902 bits per heavy atom. The van der Waals surface area contributed by atoms with E-state index in [0.29, 0.717) is 40.7 Å². The first-order chi connectivity index (χ1) is 19.5. The van der Waals surface area contributed by atoms with Gasteiger partial charge in [-0.05, 0) is 41.3 Å². The number of hydrogen-bond donors (Lipinski definition) is 2. The van der Waals surface area contributed by atoms with E-state index in [4.69, 9.17) is 9.15 Å². The molecule has 0 bridgehead atoms. The molecule has 41 heavy (non-hydrogen) atoms. The Hall–Kier alpha value is -3.97. The van der Waals surface area contributed by atoms with Gasteiger partial charge >= 0.3 is 5.89 Å². The van der Waals surface area contributed by atoms with Gasteiger partial charge in [0.15, 0.2) is 12.3 Å². The van der Waals surface area contributed by atoms with Crippen LogP contribution in [-0.4, -0.2) is 44.0 Å². The number of oxazole rings is 1. The van der Waals surface area contributed by atoms with Crippen molar-refractivity contribution < 1.29 is 39.7 Å². The van der Waals surface area contributed by atoms with Crippen LogP contribution in [0, 0.1) is 0 Å². The van der Waals surface area contributed by atoms with Crippen LogP contribution in [0.15, 0.2) is 94.7 Å². The molecule has 1 aliphatic heterocycles. The molecule has 0 fully saturated rings. The zero-order chi connectivity index (χ0) is 29.2. The number of nitrogens with zero attached hydrogens (tertiary/aromatic N) is 2. The minimum absolute atomic E-state index is 0.0278. The molecule has 4 aromatic rings. The van der Waals surface area contributed by atoms with Crippen molar-refractivity contribution >= 4 is 43.1 Å². The van der Waals surface area contributed by atoms with Crippen LogP contribution in [0.3, 0.4) is 0 Å². The van der Waals surface area contributed by atoms with Gasteiger partial charge in [-0.3, -0.25) is 9.11 Å². The van der Waals surface area contributed by atoms with E-state index in [1.165, 1.54) is 0 Å². The van der Waals surface area contributed by atoms with E-state index in [1.54, 1.807) is 45.9 Å². The van der Waals surface area contributed by atoms with Gasteiger partial charge in [-0.1, -0.05) is 55.5 Å². The molecule has 0 amide bonds. The van der Waals surface area contributed by atoms with E-state index in [1.807, 2.05) is 55.5 Å². The molecule has 10 nitrogen and oxygen atoms in total.